The van der Waals surface area contributed by atoms with Crippen molar-refractivity contribution in [3.8, 4) is 0 Å². The van der Waals surface area contributed by atoms with Crippen molar-refractivity contribution < 1.29 is 9.47 Å². The lowest BCUT2D eigenvalue weighted by molar-refractivity contribution is 0.104. The molecular weight excluding hydrogens is 260 g/mol. The zero-order chi connectivity index (χ0) is 14.3. The first-order valence-corrected chi connectivity index (χ1v) is 8.01. The molecule has 0 spiro atoms. The molecule has 0 N–H and O–H groups in total. The molecule has 0 amide bonds. The summed E-state index contributed by atoms with van der Waals surface area (Å²) in [6.07, 6.45) is 9.61. The van der Waals surface area contributed by atoms with Crippen LogP contribution >= 0.6 is 0 Å². The van der Waals surface area contributed by atoms with Crippen molar-refractivity contribution in [3.63, 3.8) is 0 Å². The highest BCUT2D eigenvalue weighted by Gasteiger charge is 2.20. The molecule has 21 heavy (non-hydrogen) atoms. The second kappa shape index (κ2) is 7.58. The summed E-state index contributed by atoms with van der Waals surface area (Å²) < 4.78 is 11.5. The standard InChI is InChI=1S/C19H24O2/c1-2-6-16(7-3-1)13-21-14-17-8-4-5-9-18-10-11-20-15-19(18)12-17/h1-3,6-8,12,18H,4-5,9-11,13-15H2/b17-8+,19-12-/t18-/m1/s1. The number of hydrogen-bond donors (Lipinski definition) is 0. The maximum absolute atomic E-state index is 5.88. The van der Waals surface area contributed by atoms with Crippen LogP contribution in [0.2, 0.25) is 0 Å². The Morgan fingerprint density at radius 2 is 2.00 bits per heavy atom. The molecule has 1 heterocycles. The van der Waals surface area contributed by atoms with Crippen molar-refractivity contribution in [3.05, 3.63) is 59.2 Å². The predicted molar refractivity (Wildman–Crippen MR) is 85.0 cm³/mol. The first-order valence-electron chi connectivity index (χ1n) is 8.01. The number of hydrogen-bond acceptors (Lipinski definition) is 2. The average Bonchev–Trinajstić information content (AvgIpc) is 2.51. The lowest BCUT2D eigenvalue weighted by Gasteiger charge is -2.27. The largest absolute Gasteiger partial charge is 0.377 e. The Hall–Kier alpha value is -1.38. The molecule has 0 unspecified atom stereocenters. The molecule has 1 aliphatic heterocycles. The normalized spacial score (nSPS) is 27.5. The Morgan fingerprint density at radius 1 is 1.10 bits per heavy atom. The van der Waals surface area contributed by atoms with E-state index < -0.39 is 0 Å². The van der Waals surface area contributed by atoms with E-state index in [0.717, 1.165) is 19.1 Å². The Morgan fingerprint density at radius 3 is 2.90 bits per heavy atom. The zero-order valence-corrected chi connectivity index (χ0v) is 12.6. The van der Waals surface area contributed by atoms with Crippen molar-refractivity contribution >= 4 is 0 Å². The Bertz CT molecular complexity index is 502. The average molecular weight is 284 g/mol. The van der Waals surface area contributed by atoms with E-state index in [9.17, 15) is 0 Å². The van der Waals surface area contributed by atoms with Crippen LogP contribution in [0, 0.1) is 5.92 Å². The van der Waals surface area contributed by atoms with Gasteiger partial charge < -0.3 is 9.47 Å². The van der Waals surface area contributed by atoms with Gasteiger partial charge in [0.1, 0.15) is 0 Å². The summed E-state index contributed by atoms with van der Waals surface area (Å²) in [5.74, 6) is 0.733. The summed E-state index contributed by atoms with van der Waals surface area (Å²) in [6, 6.07) is 10.4. The fraction of sp³-hybridized carbons (Fsp3) is 0.474. The molecule has 0 saturated carbocycles. The van der Waals surface area contributed by atoms with Crippen LogP contribution in [-0.4, -0.2) is 19.8 Å². The van der Waals surface area contributed by atoms with E-state index in [-0.39, 0.29) is 0 Å². The van der Waals surface area contributed by atoms with E-state index in [0.29, 0.717) is 13.2 Å². The monoisotopic (exact) mass is 284 g/mol. The van der Waals surface area contributed by atoms with Crippen LogP contribution in [-0.2, 0) is 16.1 Å². The maximum Gasteiger partial charge on any atom is 0.0721 e. The second-order valence-electron chi connectivity index (χ2n) is 5.95. The third-order valence-corrected chi connectivity index (χ3v) is 4.32. The molecule has 0 aromatic heterocycles. The van der Waals surface area contributed by atoms with Crippen LogP contribution in [0.1, 0.15) is 31.2 Å². The van der Waals surface area contributed by atoms with Crippen molar-refractivity contribution in [1.82, 2.24) is 0 Å². The van der Waals surface area contributed by atoms with Crippen LogP contribution in [0.4, 0.5) is 0 Å². The smallest absolute Gasteiger partial charge is 0.0721 e. The lowest BCUT2D eigenvalue weighted by atomic mass is 9.86. The molecule has 1 atom stereocenters. The number of ether oxygens (including phenoxy) is 2. The minimum Gasteiger partial charge on any atom is -0.377 e. The lowest BCUT2D eigenvalue weighted by Crippen LogP contribution is -2.20. The van der Waals surface area contributed by atoms with Crippen molar-refractivity contribution in [2.45, 2.75) is 32.3 Å². The van der Waals surface area contributed by atoms with Gasteiger partial charge in [0.05, 0.1) is 19.8 Å². The Labute approximate surface area is 127 Å². The van der Waals surface area contributed by atoms with Gasteiger partial charge in [-0.2, -0.15) is 0 Å². The van der Waals surface area contributed by atoms with Gasteiger partial charge in [-0.25, -0.2) is 0 Å². The molecule has 0 radical (unpaired) electrons. The van der Waals surface area contributed by atoms with Crippen LogP contribution in [0.3, 0.4) is 0 Å². The summed E-state index contributed by atoms with van der Waals surface area (Å²) >= 11 is 0. The molecule has 1 aliphatic carbocycles. The van der Waals surface area contributed by atoms with Gasteiger partial charge in [-0.1, -0.05) is 42.5 Å². The van der Waals surface area contributed by atoms with Crippen molar-refractivity contribution in [2.75, 3.05) is 19.8 Å². The van der Waals surface area contributed by atoms with Crippen molar-refractivity contribution in [2.24, 2.45) is 5.92 Å². The Balaban J connectivity index is 1.58. The molecule has 1 fully saturated rings. The highest BCUT2D eigenvalue weighted by atomic mass is 16.5. The van der Waals surface area contributed by atoms with Gasteiger partial charge in [0.15, 0.2) is 0 Å². The first-order chi connectivity index (χ1) is 10.4. The van der Waals surface area contributed by atoms with Crippen molar-refractivity contribution in [1.29, 1.82) is 0 Å². The topological polar surface area (TPSA) is 18.5 Å². The molecule has 3 rings (SSSR count). The summed E-state index contributed by atoms with van der Waals surface area (Å²) in [5, 5.41) is 0. The van der Waals surface area contributed by atoms with E-state index in [1.165, 1.54) is 42.4 Å². The van der Waals surface area contributed by atoms with Gasteiger partial charge in [0.2, 0.25) is 0 Å². The van der Waals surface area contributed by atoms with Crippen LogP contribution in [0.5, 0.6) is 0 Å². The van der Waals surface area contributed by atoms with E-state index in [4.69, 9.17) is 9.47 Å². The van der Waals surface area contributed by atoms with E-state index in [2.05, 4.69) is 36.4 Å². The number of fused-ring (bicyclic) bond motifs is 1. The van der Waals surface area contributed by atoms with Crippen LogP contribution < -0.4 is 0 Å². The van der Waals surface area contributed by atoms with Gasteiger partial charge in [-0.05, 0) is 48.3 Å². The van der Waals surface area contributed by atoms with E-state index in [1.807, 2.05) is 6.07 Å². The molecule has 0 bridgehead atoms. The fourth-order valence-electron chi connectivity index (χ4n) is 3.12. The zero-order valence-electron chi connectivity index (χ0n) is 12.6. The first kappa shape index (κ1) is 14.6. The van der Waals surface area contributed by atoms with Gasteiger partial charge in [0.25, 0.3) is 0 Å². The molecule has 1 aromatic rings. The summed E-state index contributed by atoms with van der Waals surface area (Å²) in [5.41, 5.74) is 4.02. The van der Waals surface area contributed by atoms with Gasteiger partial charge in [-0.3, -0.25) is 0 Å². The highest BCUT2D eigenvalue weighted by Crippen LogP contribution is 2.29. The molecular formula is C19H24O2. The Kier molecular flexibility index (Phi) is 5.25. The van der Waals surface area contributed by atoms with Gasteiger partial charge in [0, 0.05) is 6.61 Å². The third-order valence-electron chi connectivity index (χ3n) is 4.32. The molecule has 1 saturated heterocycles. The second-order valence-corrected chi connectivity index (χ2v) is 5.95. The maximum atomic E-state index is 5.88. The molecule has 2 nitrogen and oxygen atoms in total. The molecule has 2 heteroatoms. The fourth-order valence-corrected chi connectivity index (χ4v) is 3.12. The minimum absolute atomic E-state index is 0.682. The molecule has 1 aromatic carbocycles. The number of benzene rings is 1. The van der Waals surface area contributed by atoms with Gasteiger partial charge in [-0.15, -0.1) is 0 Å². The van der Waals surface area contributed by atoms with Crippen LogP contribution in [0.15, 0.2) is 53.6 Å². The number of allylic oxidation sites excluding steroid dienone is 1. The van der Waals surface area contributed by atoms with E-state index in [1.54, 1.807) is 0 Å². The third kappa shape index (κ3) is 4.29. The van der Waals surface area contributed by atoms with Crippen LogP contribution in [0.25, 0.3) is 0 Å². The highest BCUT2D eigenvalue weighted by molar-refractivity contribution is 5.27. The number of rotatable bonds is 4. The van der Waals surface area contributed by atoms with Gasteiger partial charge >= 0.3 is 0 Å². The summed E-state index contributed by atoms with van der Waals surface area (Å²) in [4.78, 5) is 0. The molecule has 2 aliphatic rings. The quantitative estimate of drug-likeness (QED) is 0.821. The SMILES string of the molecule is C1=C(COCc2ccccc2)\C=C2\COCC[C@H]2CCC/1. The van der Waals surface area contributed by atoms with E-state index >= 15 is 0 Å². The molecule has 112 valence electrons. The predicted octanol–water partition coefficient (Wildman–Crippen LogP) is 4.28. The minimum atomic E-state index is 0.682. The summed E-state index contributed by atoms with van der Waals surface area (Å²) in [7, 11) is 0. The summed E-state index contributed by atoms with van der Waals surface area (Å²) in [6.45, 7) is 3.11.